The molecule has 5 rings (SSSR count). The van der Waals surface area contributed by atoms with Crippen LogP contribution < -0.4 is 9.80 Å². The number of imide groups is 2. The molecule has 158 valence electrons. The van der Waals surface area contributed by atoms with Gasteiger partial charge in [-0.1, -0.05) is 24.3 Å². The van der Waals surface area contributed by atoms with E-state index in [-0.39, 0.29) is 23.6 Å². The Morgan fingerprint density at radius 1 is 0.438 bits per heavy atom. The van der Waals surface area contributed by atoms with Gasteiger partial charge in [-0.15, -0.1) is 0 Å². The number of benzene rings is 3. The number of carbonyl (C=O) groups is 4. The monoisotopic (exact) mass is 424 g/mol. The number of anilines is 2. The van der Waals surface area contributed by atoms with Crippen LogP contribution in [-0.4, -0.2) is 23.6 Å². The zero-order valence-corrected chi connectivity index (χ0v) is 18.1. The molecular formula is C26H20N2O4. The smallest absolute Gasteiger partial charge is 0.266 e. The molecule has 32 heavy (non-hydrogen) atoms. The van der Waals surface area contributed by atoms with Crippen molar-refractivity contribution in [3.63, 3.8) is 0 Å². The molecule has 0 aromatic heterocycles. The highest BCUT2D eigenvalue weighted by Gasteiger charge is 2.41. The van der Waals surface area contributed by atoms with Gasteiger partial charge in [0.1, 0.15) is 0 Å². The molecule has 0 spiro atoms. The SMILES string of the molecule is Cc1c(C)c(N2C(=O)c3ccccc3C2=O)c(C)c(C)c1N1C(=O)c2ccccc2C1=O. The van der Waals surface area contributed by atoms with Crippen LogP contribution in [0.3, 0.4) is 0 Å². The summed E-state index contributed by atoms with van der Waals surface area (Å²) in [5.74, 6) is -1.48. The molecule has 0 saturated carbocycles. The van der Waals surface area contributed by atoms with E-state index in [0.29, 0.717) is 55.9 Å². The highest BCUT2D eigenvalue weighted by Crippen LogP contribution is 2.43. The second-order valence-electron chi connectivity index (χ2n) is 8.18. The van der Waals surface area contributed by atoms with Crippen LogP contribution in [-0.2, 0) is 0 Å². The number of fused-ring (bicyclic) bond motifs is 2. The third-order valence-electron chi connectivity index (χ3n) is 6.58. The fourth-order valence-corrected chi connectivity index (χ4v) is 4.73. The van der Waals surface area contributed by atoms with Gasteiger partial charge in [0.05, 0.1) is 33.6 Å². The molecule has 2 heterocycles. The van der Waals surface area contributed by atoms with E-state index in [1.807, 2.05) is 27.7 Å². The van der Waals surface area contributed by atoms with E-state index in [1.165, 1.54) is 9.80 Å². The van der Waals surface area contributed by atoms with Gasteiger partial charge in [-0.25, -0.2) is 9.80 Å². The number of carbonyl (C=O) groups excluding carboxylic acids is 4. The summed E-state index contributed by atoms with van der Waals surface area (Å²) in [5.41, 5.74) is 5.20. The minimum atomic E-state index is -0.371. The molecule has 0 bridgehead atoms. The Morgan fingerprint density at radius 3 is 0.875 bits per heavy atom. The molecule has 2 aliphatic heterocycles. The van der Waals surface area contributed by atoms with E-state index in [2.05, 4.69) is 0 Å². The predicted molar refractivity (Wildman–Crippen MR) is 121 cm³/mol. The zero-order valence-electron chi connectivity index (χ0n) is 18.1. The third-order valence-corrected chi connectivity index (χ3v) is 6.58. The molecular weight excluding hydrogens is 404 g/mol. The number of hydrogen-bond donors (Lipinski definition) is 0. The van der Waals surface area contributed by atoms with Crippen molar-refractivity contribution < 1.29 is 19.2 Å². The van der Waals surface area contributed by atoms with E-state index in [0.717, 1.165) is 0 Å². The summed E-state index contributed by atoms with van der Waals surface area (Å²) in [5, 5.41) is 0. The molecule has 0 unspecified atom stereocenters. The van der Waals surface area contributed by atoms with Crippen molar-refractivity contribution >= 4 is 35.0 Å². The second-order valence-corrected chi connectivity index (χ2v) is 8.18. The largest absolute Gasteiger partial charge is 0.268 e. The Balaban J connectivity index is 1.69. The fraction of sp³-hybridized carbons (Fsp3) is 0.154. The molecule has 2 aliphatic rings. The second kappa shape index (κ2) is 6.72. The number of amides is 4. The molecule has 4 amide bonds. The first-order chi connectivity index (χ1) is 15.3. The lowest BCUT2D eigenvalue weighted by Gasteiger charge is -2.28. The molecule has 0 fully saturated rings. The maximum absolute atomic E-state index is 13.1. The lowest BCUT2D eigenvalue weighted by atomic mass is 9.94. The third kappa shape index (κ3) is 2.40. The summed E-state index contributed by atoms with van der Waals surface area (Å²) in [6.45, 7) is 7.23. The maximum Gasteiger partial charge on any atom is 0.266 e. The Hall–Kier alpha value is -4.06. The molecule has 0 aliphatic carbocycles. The number of nitrogens with zero attached hydrogens (tertiary/aromatic N) is 2. The Bertz CT molecular complexity index is 1200. The minimum Gasteiger partial charge on any atom is -0.268 e. The van der Waals surface area contributed by atoms with Gasteiger partial charge < -0.3 is 0 Å². The van der Waals surface area contributed by atoms with E-state index in [9.17, 15) is 19.2 Å². The van der Waals surface area contributed by atoms with Gasteiger partial charge in [-0.05, 0) is 74.2 Å². The molecule has 6 nitrogen and oxygen atoms in total. The normalized spacial score (nSPS) is 15.0. The van der Waals surface area contributed by atoms with Crippen LogP contribution in [0.5, 0.6) is 0 Å². The van der Waals surface area contributed by atoms with Crippen LogP contribution in [0.4, 0.5) is 11.4 Å². The van der Waals surface area contributed by atoms with E-state index in [1.54, 1.807) is 48.5 Å². The zero-order chi connectivity index (χ0) is 22.9. The van der Waals surface area contributed by atoms with E-state index >= 15 is 0 Å². The van der Waals surface area contributed by atoms with Gasteiger partial charge >= 0.3 is 0 Å². The van der Waals surface area contributed by atoms with Gasteiger partial charge in [-0.3, -0.25) is 19.2 Å². The Labute approximate surface area is 185 Å². The van der Waals surface area contributed by atoms with Gasteiger partial charge in [-0.2, -0.15) is 0 Å². The Kier molecular flexibility index (Phi) is 4.17. The predicted octanol–water partition coefficient (Wildman–Crippen LogP) is 4.52. The number of hydrogen-bond acceptors (Lipinski definition) is 4. The van der Waals surface area contributed by atoms with Crippen molar-refractivity contribution in [1.82, 2.24) is 0 Å². The topological polar surface area (TPSA) is 74.8 Å². The van der Waals surface area contributed by atoms with E-state index < -0.39 is 0 Å². The van der Waals surface area contributed by atoms with Crippen molar-refractivity contribution in [2.75, 3.05) is 9.80 Å². The number of rotatable bonds is 2. The quantitative estimate of drug-likeness (QED) is 0.567. The summed E-state index contributed by atoms with van der Waals surface area (Å²) in [7, 11) is 0. The molecule has 0 atom stereocenters. The van der Waals surface area contributed by atoms with Crippen LogP contribution in [0.15, 0.2) is 48.5 Å². The van der Waals surface area contributed by atoms with Gasteiger partial charge in [0, 0.05) is 0 Å². The summed E-state index contributed by atoms with van der Waals surface area (Å²) < 4.78 is 0. The van der Waals surface area contributed by atoms with Crippen molar-refractivity contribution in [2.24, 2.45) is 0 Å². The molecule has 0 saturated heterocycles. The lowest BCUT2D eigenvalue weighted by molar-refractivity contribution is 0.0908. The van der Waals surface area contributed by atoms with Crippen LogP contribution in [0.1, 0.15) is 63.7 Å². The summed E-state index contributed by atoms with van der Waals surface area (Å²) in [4.78, 5) is 54.9. The van der Waals surface area contributed by atoms with Gasteiger partial charge in [0.2, 0.25) is 0 Å². The van der Waals surface area contributed by atoms with Crippen LogP contribution >= 0.6 is 0 Å². The van der Waals surface area contributed by atoms with Crippen molar-refractivity contribution in [2.45, 2.75) is 27.7 Å². The van der Waals surface area contributed by atoms with Crippen molar-refractivity contribution in [3.8, 4) is 0 Å². The van der Waals surface area contributed by atoms with Crippen LogP contribution in [0, 0.1) is 27.7 Å². The van der Waals surface area contributed by atoms with Gasteiger partial charge in [0.15, 0.2) is 0 Å². The molecule has 0 radical (unpaired) electrons. The van der Waals surface area contributed by atoms with Crippen LogP contribution in [0.25, 0.3) is 0 Å². The molecule has 3 aromatic carbocycles. The van der Waals surface area contributed by atoms with E-state index in [4.69, 9.17) is 0 Å². The standard InChI is InChI=1S/C26H20N2O4/c1-13-14(2)22(28-25(31)19-11-7-8-12-20(19)26(28)32)16(4)15(3)21(13)27-23(29)17-9-5-6-10-18(17)24(27)30/h5-12H,1-4H3. The highest BCUT2D eigenvalue weighted by atomic mass is 16.2. The molecule has 3 aromatic rings. The minimum absolute atomic E-state index is 0.371. The first kappa shape index (κ1) is 19.9. The summed E-state index contributed by atoms with van der Waals surface area (Å²) in [6, 6.07) is 13.5. The molecule has 6 heteroatoms. The maximum atomic E-state index is 13.1. The summed E-state index contributed by atoms with van der Waals surface area (Å²) in [6.07, 6.45) is 0. The highest BCUT2D eigenvalue weighted by molar-refractivity contribution is 6.36. The average Bonchev–Trinajstić information content (AvgIpc) is 3.19. The first-order valence-corrected chi connectivity index (χ1v) is 10.3. The van der Waals surface area contributed by atoms with Crippen LogP contribution in [0.2, 0.25) is 0 Å². The van der Waals surface area contributed by atoms with Crippen molar-refractivity contribution in [3.05, 3.63) is 93.0 Å². The fourth-order valence-electron chi connectivity index (χ4n) is 4.73. The lowest BCUT2D eigenvalue weighted by Crippen LogP contribution is -2.34. The summed E-state index contributed by atoms with van der Waals surface area (Å²) >= 11 is 0. The van der Waals surface area contributed by atoms with Gasteiger partial charge in [0.25, 0.3) is 23.6 Å². The first-order valence-electron chi connectivity index (χ1n) is 10.3. The van der Waals surface area contributed by atoms with Crippen molar-refractivity contribution in [1.29, 1.82) is 0 Å². The Morgan fingerprint density at radius 2 is 0.656 bits per heavy atom. The average molecular weight is 424 g/mol. The molecule has 0 N–H and O–H groups in total.